The van der Waals surface area contributed by atoms with Gasteiger partial charge in [-0.2, -0.15) is 0 Å². The molecule has 1 saturated heterocycles. The number of aromatic nitrogens is 3. The number of sulfonamides is 1. The molecule has 0 amide bonds. The second kappa shape index (κ2) is 10.4. The van der Waals surface area contributed by atoms with Gasteiger partial charge in [0.2, 0.25) is 16.0 Å². The molecule has 1 aliphatic rings. The Balaban J connectivity index is 1.36. The van der Waals surface area contributed by atoms with E-state index < -0.39 is 10.0 Å². The fourth-order valence-electron chi connectivity index (χ4n) is 4.25. The van der Waals surface area contributed by atoms with Crippen LogP contribution in [0.2, 0.25) is 5.02 Å². The molecular formula is C25H26ClN7O2S. The van der Waals surface area contributed by atoms with Crippen LogP contribution in [-0.2, 0) is 10.0 Å². The van der Waals surface area contributed by atoms with Gasteiger partial charge >= 0.3 is 0 Å². The molecule has 0 bridgehead atoms. The Morgan fingerprint density at radius 1 is 1.00 bits per heavy atom. The zero-order chi connectivity index (χ0) is 25.1. The summed E-state index contributed by atoms with van der Waals surface area (Å²) in [7, 11) is -3.76. The van der Waals surface area contributed by atoms with Crippen molar-refractivity contribution < 1.29 is 8.42 Å². The lowest BCUT2D eigenvalue weighted by Gasteiger charge is -2.15. The highest BCUT2D eigenvalue weighted by molar-refractivity contribution is 7.89. The van der Waals surface area contributed by atoms with E-state index in [4.69, 9.17) is 21.7 Å². The monoisotopic (exact) mass is 523 g/mol. The van der Waals surface area contributed by atoms with Crippen LogP contribution in [0, 0.1) is 0 Å². The van der Waals surface area contributed by atoms with Gasteiger partial charge in [-0.05, 0) is 74.5 Å². The predicted octanol–water partition coefficient (Wildman–Crippen LogP) is 4.24. The summed E-state index contributed by atoms with van der Waals surface area (Å²) in [5, 5.41) is 13.0. The lowest BCUT2D eigenvalue weighted by atomic mass is 10.0. The average Bonchev–Trinajstić information content (AvgIpc) is 3.38. The van der Waals surface area contributed by atoms with E-state index in [2.05, 4.69) is 25.5 Å². The lowest BCUT2D eigenvalue weighted by Crippen LogP contribution is -2.26. The SMILES string of the molecule is NS(=O)(=O)c1ccc(Nc2ncc3cc(Cl)cc(-c4ccc(NCCN5CCCC5)nc4)c3n2)cc1. The Kier molecular flexibility index (Phi) is 7.01. The molecule has 2 aromatic heterocycles. The topological polar surface area (TPSA) is 126 Å². The van der Waals surface area contributed by atoms with Crippen LogP contribution in [0.1, 0.15) is 12.8 Å². The first-order valence-electron chi connectivity index (χ1n) is 11.6. The van der Waals surface area contributed by atoms with Crippen molar-refractivity contribution in [1.29, 1.82) is 0 Å². The van der Waals surface area contributed by atoms with Crippen molar-refractivity contribution in [2.24, 2.45) is 5.14 Å². The van der Waals surface area contributed by atoms with Gasteiger partial charge in [-0.25, -0.2) is 28.5 Å². The molecule has 9 nitrogen and oxygen atoms in total. The minimum atomic E-state index is -3.76. The number of hydrogen-bond acceptors (Lipinski definition) is 8. The number of pyridine rings is 1. The third-order valence-corrected chi connectivity index (χ3v) is 7.24. The Labute approximate surface area is 214 Å². The first kappa shape index (κ1) is 24.4. The zero-order valence-corrected chi connectivity index (χ0v) is 21.1. The molecule has 186 valence electrons. The molecule has 0 unspecified atom stereocenters. The summed E-state index contributed by atoms with van der Waals surface area (Å²) < 4.78 is 23.0. The molecule has 0 radical (unpaired) electrons. The Hall–Kier alpha value is -3.31. The molecule has 36 heavy (non-hydrogen) atoms. The molecule has 2 aromatic carbocycles. The van der Waals surface area contributed by atoms with Gasteiger partial charge in [0.25, 0.3) is 0 Å². The molecular weight excluding hydrogens is 498 g/mol. The van der Waals surface area contributed by atoms with Gasteiger partial charge in [-0.15, -0.1) is 0 Å². The van der Waals surface area contributed by atoms with Crippen molar-refractivity contribution in [1.82, 2.24) is 19.9 Å². The van der Waals surface area contributed by atoms with Crippen LogP contribution in [0.25, 0.3) is 22.0 Å². The zero-order valence-electron chi connectivity index (χ0n) is 19.5. The number of halogens is 1. The van der Waals surface area contributed by atoms with Crippen LogP contribution < -0.4 is 15.8 Å². The summed E-state index contributed by atoms with van der Waals surface area (Å²) >= 11 is 6.39. The van der Waals surface area contributed by atoms with Gasteiger partial charge in [0.15, 0.2) is 0 Å². The van der Waals surface area contributed by atoms with Crippen molar-refractivity contribution in [3.05, 3.63) is 65.9 Å². The highest BCUT2D eigenvalue weighted by atomic mass is 35.5. The van der Waals surface area contributed by atoms with Crippen LogP contribution >= 0.6 is 11.6 Å². The predicted molar refractivity (Wildman–Crippen MR) is 143 cm³/mol. The minimum Gasteiger partial charge on any atom is -0.369 e. The van der Waals surface area contributed by atoms with E-state index in [0.717, 1.165) is 40.9 Å². The third-order valence-electron chi connectivity index (χ3n) is 6.09. The highest BCUT2D eigenvalue weighted by Crippen LogP contribution is 2.31. The largest absolute Gasteiger partial charge is 0.369 e. The highest BCUT2D eigenvalue weighted by Gasteiger charge is 2.13. The van der Waals surface area contributed by atoms with Crippen molar-refractivity contribution in [2.75, 3.05) is 36.8 Å². The number of nitrogens with zero attached hydrogens (tertiary/aromatic N) is 4. The molecule has 0 aliphatic carbocycles. The number of nitrogens with two attached hydrogens (primary N) is 1. The summed E-state index contributed by atoms with van der Waals surface area (Å²) in [6, 6.07) is 13.7. The van der Waals surface area contributed by atoms with Crippen LogP contribution in [0.5, 0.6) is 0 Å². The Bertz CT molecular complexity index is 1470. The van der Waals surface area contributed by atoms with E-state index in [1.54, 1.807) is 18.3 Å². The number of primary sulfonamides is 1. The molecule has 0 atom stereocenters. The van der Waals surface area contributed by atoms with Crippen LogP contribution in [0.3, 0.4) is 0 Å². The maximum absolute atomic E-state index is 11.5. The quantitative estimate of drug-likeness (QED) is 0.313. The van der Waals surface area contributed by atoms with Gasteiger partial charge in [-0.1, -0.05) is 11.6 Å². The van der Waals surface area contributed by atoms with Crippen molar-refractivity contribution in [3.8, 4) is 11.1 Å². The van der Waals surface area contributed by atoms with E-state index in [-0.39, 0.29) is 4.90 Å². The van der Waals surface area contributed by atoms with Crippen LogP contribution in [-0.4, -0.2) is 54.4 Å². The molecule has 1 aliphatic heterocycles. The maximum atomic E-state index is 11.5. The number of fused-ring (bicyclic) bond motifs is 1. The molecule has 0 saturated carbocycles. The van der Waals surface area contributed by atoms with Gasteiger partial charge in [0.1, 0.15) is 5.82 Å². The molecule has 4 N–H and O–H groups in total. The van der Waals surface area contributed by atoms with Crippen LogP contribution in [0.15, 0.2) is 65.8 Å². The molecule has 4 aromatic rings. The number of hydrogen-bond donors (Lipinski definition) is 3. The second-order valence-electron chi connectivity index (χ2n) is 8.69. The maximum Gasteiger partial charge on any atom is 0.238 e. The Morgan fingerprint density at radius 3 is 2.47 bits per heavy atom. The lowest BCUT2D eigenvalue weighted by molar-refractivity contribution is 0.352. The van der Waals surface area contributed by atoms with Gasteiger partial charge in [-0.3, -0.25) is 0 Å². The van der Waals surface area contributed by atoms with Crippen molar-refractivity contribution >= 4 is 50.0 Å². The fraction of sp³-hybridized carbons (Fsp3) is 0.240. The second-order valence-corrected chi connectivity index (χ2v) is 10.7. The summed E-state index contributed by atoms with van der Waals surface area (Å²) in [5.41, 5.74) is 3.07. The van der Waals surface area contributed by atoms with E-state index in [0.29, 0.717) is 16.7 Å². The number of nitrogens with one attached hydrogen (secondary N) is 2. The first-order valence-corrected chi connectivity index (χ1v) is 13.6. The molecule has 11 heteroatoms. The Morgan fingerprint density at radius 2 is 1.78 bits per heavy atom. The first-order chi connectivity index (χ1) is 17.3. The summed E-state index contributed by atoms with van der Waals surface area (Å²) in [6.07, 6.45) is 6.07. The minimum absolute atomic E-state index is 0.0332. The molecule has 1 fully saturated rings. The van der Waals surface area contributed by atoms with E-state index >= 15 is 0 Å². The van der Waals surface area contributed by atoms with E-state index in [9.17, 15) is 8.42 Å². The number of likely N-dealkylation sites (tertiary alicyclic amines) is 1. The average molecular weight is 524 g/mol. The van der Waals surface area contributed by atoms with E-state index in [1.807, 2.05) is 30.5 Å². The van der Waals surface area contributed by atoms with Crippen molar-refractivity contribution in [2.45, 2.75) is 17.7 Å². The smallest absolute Gasteiger partial charge is 0.238 e. The normalized spacial score (nSPS) is 14.3. The van der Waals surface area contributed by atoms with E-state index in [1.165, 1.54) is 38.1 Å². The van der Waals surface area contributed by atoms with Crippen LogP contribution in [0.4, 0.5) is 17.5 Å². The third kappa shape index (κ3) is 5.73. The summed E-state index contributed by atoms with van der Waals surface area (Å²) in [4.78, 5) is 16.2. The van der Waals surface area contributed by atoms with Crippen molar-refractivity contribution in [3.63, 3.8) is 0 Å². The number of benzene rings is 2. The standard InChI is InChI=1S/C25H26ClN7O2S/c26-19-13-18-16-30-25(31-20-4-6-21(7-5-20)36(27,34)35)32-24(18)22(14-19)17-3-8-23(29-15-17)28-9-12-33-10-1-2-11-33/h3-8,13-16H,1-2,9-12H2,(H,28,29)(H2,27,34,35)(H,30,31,32). The molecule has 3 heterocycles. The van der Waals surface area contributed by atoms with Gasteiger partial charge < -0.3 is 15.5 Å². The summed E-state index contributed by atoms with van der Waals surface area (Å²) in [5.74, 6) is 1.19. The number of anilines is 3. The summed E-state index contributed by atoms with van der Waals surface area (Å²) in [6.45, 7) is 4.22. The fourth-order valence-corrected chi connectivity index (χ4v) is 4.99. The molecule has 0 spiro atoms. The number of rotatable bonds is 8. The molecule has 5 rings (SSSR count). The van der Waals surface area contributed by atoms with Gasteiger partial charge in [0, 0.05) is 52.7 Å². The van der Waals surface area contributed by atoms with Gasteiger partial charge in [0.05, 0.1) is 10.4 Å².